The first kappa shape index (κ1) is 16.8. The molecule has 0 nitrogen and oxygen atoms in total. The summed E-state index contributed by atoms with van der Waals surface area (Å²) in [4.78, 5) is 0. The molecule has 2 rings (SSSR count). The van der Waals surface area contributed by atoms with Gasteiger partial charge in [-0.1, -0.05) is 40.5 Å². The van der Waals surface area contributed by atoms with Crippen LogP contribution in [0.3, 0.4) is 0 Å². The first-order chi connectivity index (χ1) is 7.40. The third kappa shape index (κ3) is 5.33. The zero-order valence-electron chi connectivity index (χ0n) is 11.9. The van der Waals surface area contributed by atoms with Crippen LogP contribution < -0.4 is 0 Å². The smallest absolute Gasteiger partial charge is 0 e. The van der Waals surface area contributed by atoms with E-state index < -0.39 is 0 Å². The summed E-state index contributed by atoms with van der Waals surface area (Å²) < 4.78 is 0. The van der Waals surface area contributed by atoms with Gasteiger partial charge in [0.25, 0.3) is 0 Å². The van der Waals surface area contributed by atoms with Gasteiger partial charge in [0, 0.05) is 25.8 Å². The summed E-state index contributed by atoms with van der Waals surface area (Å²) in [6.07, 6.45) is 8.81. The maximum atomic E-state index is 3.26. The Hall–Kier alpha value is -0.170. The zero-order valence-corrected chi connectivity index (χ0v) is 15.5. The molecule has 0 aromatic heterocycles. The molecule has 2 aliphatic carbocycles. The van der Waals surface area contributed by atoms with Crippen LogP contribution in [0.2, 0.25) is 0 Å². The third-order valence-electron chi connectivity index (χ3n) is 3.14. The summed E-state index contributed by atoms with van der Waals surface area (Å²) in [6.45, 7) is 12.8. The van der Waals surface area contributed by atoms with E-state index in [0.29, 0.717) is 0 Å². The van der Waals surface area contributed by atoms with Crippen LogP contribution in [0, 0.1) is 12.2 Å². The van der Waals surface area contributed by atoms with Crippen LogP contribution in [0.1, 0.15) is 54.4 Å². The van der Waals surface area contributed by atoms with E-state index in [1.54, 1.807) is 0 Å². The number of allylic oxidation sites excluding steroid dienone is 8. The quantitative estimate of drug-likeness (QED) is 0.404. The van der Waals surface area contributed by atoms with Gasteiger partial charge in [0.1, 0.15) is 0 Å². The average Bonchev–Trinajstić information content (AvgIpc) is 2.58. The SMILES string of the molecule is CC1=[C-]C(C)=C(C)C1.CC1=[C-]C(C)=C(C)C1.[Hf]. The molecule has 0 atom stereocenters. The predicted octanol–water partition coefficient (Wildman–Crippen LogP) is 4.95. The summed E-state index contributed by atoms with van der Waals surface area (Å²) in [5.41, 5.74) is 8.37. The van der Waals surface area contributed by atoms with Crippen LogP contribution in [0.4, 0.5) is 0 Å². The van der Waals surface area contributed by atoms with E-state index in [0.717, 1.165) is 12.8 Å². The molecule has 0 fully saturated rings. The molecule has 0 aliphatic heterocycles. The molecule has 17 heavy (non-hydrogen) atoms. The van der Waals surface area contributed by atoms with Gasteiger partial charge in [0.15, 0.2) is 0 Å². The summed E-state index contributed by atoms with van der Waals surface area (Å²) in [5.74, 6) is 0. The normalized spacial score (nSPS) is 18.5. The van der Waals surface area contributed by atoms with Gasteiger partial charge in [-0.05, 0) is 0 Å². The molecule has 0 unspecified atom stereocenters. The molecule has 0 saturated carbocycles. The van der Waals surface area contributed by atoms with Crippen molar-refractivity contribution in [2.45, 2.75) is 54.4 Å². The average molecular weight is 393 g/mol. The van der Waals surface area contributed by atoms with Crippen molar-refractivity contribution < 1.29 is 25.8 Å². The van der Waals surface area contributed by atoms with E-state index in [-0.39, 0.29) is 25.8 Å². The molecule has 0 N–H and O–H groups in total. The van der Waals surface area contributed by atoms with Crippen molar-refractivity contribution in [1.29, 1.82) is 0 Å². The van der Waals surface area contributed by atoms with Gasteiger partial charge in [-0.2, -0.15) is 11.1 Å². The van der Waals surface area contributed by atoms with Crippen LogP contribution in [-0.2, 0) is 25.8 Å². The van der Waals surface area contributed by atoms with Crippen LogP contribution in [-0.4, -0.2) is 0 Å². The number of rotatable bonds is 0. The Bertz CT molecular complexity index is 363. The number of hydrogen-bond donors (Lipinski definition) is 0. The van der Waals surface area contributed by atoms with Crippen molar-refractivity contribution in [3.05, 3.63) is 45.6 Å². The van der Waals surface area contributed by atoms with Gasteiger partial charge in [-0.3, -0.25) is 0 Å². The molecular formula is C16H22Hf-2. The minimum atomic E-state index is 0. The Labute approximate surface area is 125 Å². The molecule has 1 heteroatoms. The second-order valence-electron chi connectivity index (χ2n) is 4.97. The van der Waals surface area contributed by atoms with Crippen LogP contribution in [0.15, 0.2) is 33.4 Å². The Kier molecular flexibility index (Phi) is 7.23. The van der Waals surface area contributed by atoms with Gasteiger partial charge < -0.3 is 0 Å². The topological polar surface area (TPSA) is 0 Å². The summed E-state index contributed by atoms with van der Waals surface area (Å²) in [5, 5.41) is 0. The van der Waals surface area contributed by atoms with E-state index in [2.05, 4.69) is 53.7 Å². The molecule has 92 valence electrons. The number of hydrogen-bond acceptors (Lipinski definition) is 0. The van der Waals surface area contributed by atoms with Crippen LogP contribution >= 0.6 is 0 Å². The minimum absolute atomic E-state index is 0. The Morgan fingerprint density at radius 1 is 0.647 bits per heavy atom. The molecule has 0 radical (unpaired) electrons. The molecular weight excluding hydrogens is 371 g/mol. The Balaban J connectivity index is 0.000000284. The summed E-state index contributed by atoms with van der Waals surface area (Å²) in [7, 11) is 0. The van der Waals surface area contributed by atoms with E-state index in [4.69, 9.17) is 0 Å². The monoisotopic (exact) mass is 394 g/mol. The van der Waals surface area contributed by atoms with E-state index in [1.807, 2.05) is 0 Å². The van der Waals surface area contributed by atoms with Gasteiger partial charge >= 0.3 is 0 Å². The van der Waals surface area contributed by atoms with Gasteiger partial charge in [0.2, 0.25) is 0 Å². The van der Waals surface area contributed by atoms with E-state index in [9.17, 15) is 0 Å². The molecule has 0 amide bonds. The molecule has 2 aliphatic rings. The first-order valence-electron chi connectivity index (χ1n) is 5.91. The molecule has 0 spiro atoms. The summed E-state index contributed by atoms with van der Waals surface area (Å²) >= 11 is 0. The second-order valence-corrected chi connectivity index (χ2v) is 4.97. The van der Waals surface area contributed by atoms with Crippen molar-refractivity contribution in [3.8, 4) is 0 Å². The van der Waals surface area contributed by atoms with Crippen molar-refractivity contribution in [1.82, 2.24) is 0 Å². The van der Waals surface area contributed by atoms with E-state index in [1.165, 1.54) is 33.4 Å². The summed E-state index contributed by atoms with van der Waals surface area (Å²) in [6, 6.07) is 0. The van der Waals surface area contributed by atoms with Gasteiger partial charge in [0.05, 0.1) is 0 Å². The van der Waals surface area contributed by atoms with Crippen molar-refractivity contribution in [2.75, 3.05) is 0 Å². The van der Waals surface area contributed by atoms with Gasteiger partial charge in [-0.25, -0.2) is 34.4 Å². The third-order valence-corrected chi connectivity index (χ3v) is 3.14. The Morgan fingerprint density at radius 3 is 1.00 bits per heavy atom. The van der Waals surface area contributed by atoms with Crippen LogP contribution in [0.25, 0.3) is 0 Å². The largest absolute Gasteiger partial charge is 0.250 e. The standard InChI is InChI=1S/2C8H11.Hf/c2*1-6-4-7(2)8(3)5-6;/h2*4H2,1-3H3;/q2*-1;. The van der Waals surface area contributed by atoms with E-state index >= 15 is 0 Å². The maximum absolute atomic E-state index is 3.26. The minimum Gasteiger partial charge on any atom is -0.250 e. The molecule has 0 aromatic carbocycles. The zero-order chi connectivity index (χ0) is 12.3. The first-order valence-corrected chi connectivity index (χ1v) is 5.91. The fourth-order valence-corrected chi connectivity index (χ4v) is 2.00. The molecule has 0 heterocycles. The maximum Gasteiger partial charge on any atom is 0 e. The van der Waals surface area contributed by atoms with Crippen molar-refractivity contribution in [3.63, 3.8) is 0 Å². The molecule has 0 bridgehead atoms. The fourth-order valence-electron chi connectivity index (χ4n) is 2.00. The molecule has 0 aromatic rings. The second kappa shape index (κ2) is 7.31. The Morgan fingerprint density at radius 2 is 0.941 bits per heavy atom. The predicted molar refractivity (Wildman–Crippen MR) is 70.8 cm³/mol. The van der Waals surface area contributed by atoms with Gasteiger partial charge in [-0.15, -0.1) is 13.8 Å². The molecule has 0 saturated heterocycles. The van der Waals surface area contributed by atoms with Crippen LogP contribution in [0.5, 0.6) is 0 Å². The van der Waals surface area contributed by atoms with Crippen molar-refractivity contribution >= 4 is 0 Å². The van der Waals surface area contributed by atoms with Crippen molar-refractivity contribution in [2.24, 2.45) is 0 Å². The fraction of sp³-hybridized carbons (Fsp3) is 0.500.